The van der Waals surface area contributed by atoms with Crippen LogP contribution in [0.3, 0.4) is 0 Å². The van der Waals surface area contributed by atoms with E-state index in [1.54, 1.807) is 0 Å². The Bertz CT molecular complexity index is 371. The number of carboxylic acids is 1. The lowest BCUT2D eigenvalue weighted by atomic mass is 9.97. The van der Waals surface area contributed by atoms with Gasteiger partial charge in [0, 0.05) is 12.5 Å². The molecule has 100 valence electrons. The van der Waals surface area contributed by atoms with Crippen molar-refractivity contribution in [3.63, 3.8) is 0 Å². The minimum Gasteiger partial charge on any atom is -0.481 e. The molecule has 0 saturated carbocycles. The lowest BCUT2D eigenvalue weighted by molar-refractivity contribution is -0.137. The van der Waals surface area contributed by atoms with Gasteiger partial charge in [0.1, 0.15) is 0 Å². The summed E-state index contributed by atoms with van der Waals surface area (Å²) in [6, 6.07) is 8.42. The van der Waals surface area contributed by atoms with Crippen molar-refractivity contribution >= 4 is 5.97 Å². The molecular weight excluding hydrogens is 226 g/mol. The molecule has 1 aromatic carbocycles. The van der Waals surface area contributed by atoms with Gasteiger partial charge < -0.3 is 10.8 Å². The average Bonchev–Trinajstić information content (AvgIpc) is 2.34. The van der Waals surface area contributed by atoms with Crippen LogP contribution in [0.4, 0.5) is 0 Å². The van der Waals surface area contributed by atoms with Crippen LogP contribution < -0.4 is 5.73 Å². The van der Waals surface area contributed by atoms with Gasteiger partial charge in [0.05, 0.1) is 0 Å². The van der Waals surface area contributed by atoms with Gasteiger partial charge in [-0.3, -0.25) is 4.79 Å². The van der Waals surface area contributed by atoms with Crippen molar-refractivity contribution in [3.8, 4) is 0 Å². The molecule has 0 aliphatic rings. The number of aliphatic carboxylic acids is 1. The Morgan fingerprint density at radius 2 is 1.72 bits per heavy atom. The number of carbonyl (C=O) groups is 1. The molecule has 1 unspecified atom stereocenters. The molecule has 0 amide bonds. The van der Waals surface area contributed by atoms with Crippen molar-refractivity contribution in [2.45, 2.75) is 51.5 Å². The highest BCUT2D eigenvalue weighted by atomic mass is 16.4. The minimum absolute atomic E-state index is 0.0139. The van der Waals surface area contributed by atoms with E-state index in [2.05, 4.69) is 38.1 Å². The Morgan fingerprint density at radius 3 is 2.22 bits per heavy atom. The summed E-state index contributed by atoms with van der Waals surface area (Å²) in [5.41, 5.74) is 8.54. The molecule has 0 heterocycles. The molecule has 1 atom stereocenters. The lowest BCUT2D eigenvalue weighted by Gasteiger charge is -2.13. The summed E-state index contributed by atoms with van der Waals surface area (Å²) in [6.45, 7) is 4.33. The van der Waals surface area contributed by atoms with E-state index in [4.69, 9.17) is 10.8 Å². The quantitative estimate of drug-likeness (QED) is 0.727. The molecule has 0 aliphatic carbocycles. The zero-order chi connectivity index (χ0) is 13.5. The van der Waals surface area contributed by atoms with E-state index < -0.39 is 5.97 Å². The van der Waals surface area contributed by atoms with Gasteiger partial charge in [-0.2, -0.15) is 0 Å². The Labute approximate surface area is 109 Å². The van der Waals surface area contributed by atoms with E-state index in [0.717, 1.165) is 18.4 Å². The van der Waals surface area contributed by atoms with Crippen molar-refractivity contribution in [1.82, 2.24) is 0 Å². The summed E-state index contributed by atoms with van der Waals surface area (Å²) < 4.78 is 0. The van der Waals surface area contributed by atoms with Crippen LogP contribution in [0.25, 0.3) is 0 Å². The van der Waals surface area contributed by atoms with Gasteiger partial charge in [-0.15, -0.1) is 0 Å². The number of carboxylic acid groups (broad SMARTS) is 1. The smallest absolute Gasteiger partial charge is 0.303 e. The van der Waals surface area contributed by atoms with Crippen molar-refractivity contribution in [3.05, 3.63) is 35.4 Å². The molecule has 1 rings (SSSR count). The number of hydrogen-bond donors (Lipinski definition) is 2. The van der Waals surface area contributed by atoms with E-state index in [0.29, 0.717) is 12.3 Å². The van der Waals surface area contributed by atoms with Crippen LogP contribution in [0.5, 0.6) is 0 Å². The number of benzene rings is 1. The minimum atomic E-state index is -0.732. The lowest BCUT2D eigenvalue weighted by Crippen LogP contribution is -2.10. The number of unbranched alkanes of at least 4 members (excludes halogenated alkanes) is 1. The maximum Gasteiger partial charge on any atom is 0.303 e. The van der Waals surface area contributed by atoms with Crippen LogP contribution in [0.15, 0.2) is 24.3 Å². The third-order valence-corrected chi connectivity index (χ3v) is 3.19. The Hall–Kier alpha value is -1.35. The molecule has 0 fully saturated rings. The van der Waals surface area contributed by atoms with Crippen molar-refractivity contribution in [1.29, 1.82) is 0 Å². The monoisotopic (exact) mass is 249 g/mol. The number of rotatable bonds is 7. The first-order valence-electron chi connectivity index (χ1n) is 6.58. The summed E-state index contributed by atoms with van der Waals surface area (Å²) in [5, 5.41) is 8.55. The molecule has 3 nitrogen and oxygen atoms in total. The molecule has 0 spiro atoms. The van der Waals surface area contributed by atoms with Crippen molar-refractivity contribution in [2.75, 3.05) is 0 Å². The van der Waals surface area contributed by atoms with Crippen LogP contribution in [-0.4, -0.2) is 11.1 Å². The summed E-state index contributed by atoms with van der Waals surface area (Å²) in [4.78, 5) is 10.4. The SMILES string of the molecule is CC(C)c1ccc(C(N)CCCCC(=O)O)cc1. The van der Waals surface area contributed by atoms with Crippen LogP contribution in [0.2, 0.25) is 0 Å². The highest BCUT2D eigenvalue weighted by molar-refractivity contribution is 5.66. The van der Waals surface area contributed by atoms with E-state index >= 15 is 0 Å². The Morgan fingerprint density at radius 1 is 1.17 bits per heavy atom. The molecule has 18 heavy (non-hydrogen) atoms. The van der Waals surface area contributed by atoms with Gasteiger partial charge in [0.15, 0.2) is 0 Å². The fourth-order valence-electron chi connectivity index (χ4n) is 1.94. The maximum absolute atomic E-state index is 10.4. The molecule has 0 aromatic heterocycles. The molecule has 0 saturated heterocycles. The third-order valence-electron chi connectivity index (χ3n) is 3.19. The second-order valence-electron chi connectivity index (χ2n) is 5.07. The van der Waals surface area contributed by atoms with Crippen LogP contribution in [0.1, 0.15) is 62.6 Å². The number of nitrogens with two attached hydrogens (primary N) is 1. The predicted molar refractivity (Wildman–Crippen MR) is 73.6 cm³/mol. The first-order chi connectivity index (χ1) is 8.50. The zero-order valence-electron chi connectivity index (χ0n) is 11.2. The highest BCUT2D eigenvalue weighted by Crippen LogP contribution is 2.20. The largest absolute Gasteiger partial charge is 0.481 e. The van der Waals surface area contributed by atoms with Gasteiger partial charge in [-0.25, -0.2) is 0 Å². The summed E-state index contributed by atoms with van der Waals surface area (Å²) in [5.74, 6) is -0.198. The topological polar surface area (TPSA) is 63.3 Å². The van der Waals surface area contributed by atoms with E-state index in [1.807, 2.05) is 0 Å². The first-order valence-corrected chi connectivity index (χ1v) is 6.58. The van der Waals surface area contributed by atoms with Gasteiger partial charge in [-0.05, 0) is 29.9 Å². The molecule has 0 aliphatic heterocycles. The third kappa shape index (κ3) is 4.88. The van der Waals surface area contributed by atoms with Gasteiger partial charge in [0.2, 0.25) is 0 Å². The second kappa shape index (κ2) is 7.17. The van der Waals surface area contributed by atoms with Crippen LogP contribution in [-0.2, 0) is 4.79 Å². The van der Waals surface area contributed by atoms with Gasteiger partial charge >= 0.3 is 5.97 Å². The standard InChI is InChI=1S/C15H23NO2/c1-11(2)12-7-9-13(10-8-12)14(16)5-3-4-6-15(17)18/h7-11,14H,3-6,16H2,1-2H3,(H,17,18). The van der Waals surface area contributed by atoms with Gasteiger partial charge in [-0.1, -0.05) is 44.5 Å². The molecule has 3 heteroatoms. The van der Waals surface area contributed by atoms with Crippen LogP contribution in [0, 0.1) is 0 Å². The Balaban J connectivity index is 2.41. The summed E-state index contributed by atoms with van der Waals surface area (Å²) in [6.07, 6.45) is 2.64. The maximum atomic E-state index is 10.4. The number of hydrogen-bond acceptors (Lipinski definition) is 2. The molecule has 0 radical (unpaired) electrons. The first kappa shape index (κ1) is 14.7. The van der Waals surface area contributed by atoms with E-state index in [9.17, 15) is 4.79 Å². The molecule has 1 aromatic rings. The normalized spacial score (nSPS) is 12.7. The van der Waals surface area contributed by atoms with Crippen molar-refractivity contribution in [2.24, 2.45) is 5.73 Å². The molecule has 3 N–H and O–H groups in total. The summed E-state index contributed by atoms with van der Waals surface area (Å²) in [7, 11) is 0. The zero-order valence-corrected chi connectivity index (χ0v) is 11.2. The fraction of sp³-hybridized carbons (Fsp3) is 0.533. The van der Waals surface area contributed by atoms with Crippen LogP contribution >= 0.6 is 0 Å². The fourth-order valence-corrected chi connectivity index (χ4v) is 1.94. The van der Waals surface area contributed by atoms with E-state index in [1.165, 1.54) is 5.56 Å². The molecule has 0 bridgehead atoms. The predicted octanol–water partition coefficient (Wildman–Crippen LogP) is 3.45. The van der Waals surface area contributed by atoms with Crippen molar-refractivity contribution < 1.29 is 9.90 Å². The van der Waals surface area contributed by atoms with E-state index in [-0.39, 0.29) is 12.5 Å². The average molecular weight is 249 g/mol. The van der Waals surface area contributed by atoms with Gasteiger partial charge in [0.25, 0.3) is 0 Å². The highest BCUT2D eigenvalue weighted by Gasteiger charge is 2.07. The summed E-state index contributed by atoms with van der Waals surface area (Å²) >= 11 is 0. The molecular formula is C15H23NO2. The Kier molecular flexibility index (Phi) is 5.86. The second-order valence-corrected chi connectivity index (χ2v) is 5.07.